The Morgan fingerprint density at radius 3 is 2.59 bits per heavy atom. The third-order valence-corrected chi connectivity index (χ3v) is 7.50. The standard InChI is InChI=1S/C18H37N5O3S/c1-5-12-27(24,25)22-8-6-17(7-9-22)21-18(19-4)20-13-15(2)23-10-11-26-14-16(23)3/h15-17H,5-14H2,1-4H3,(H2,19,20,21). The Kier molecular flexibility index (Phi) is 8.78. The smallest absolute Gasteiger partial charge is 0.214 e. The maximum absolute atomic E-state index is 12.2. The molecule has 2 fully saturated rings. The minimum atomic E-state index is -3.09. The Bertz CT molecular complexity index is 576. The van der Waals surface area contributed by atoms with E-state index in [9.17, 15) is 8.42 Å². The van der Waals surface area contributed by atoms with Gasteiger partial charge in [-0.3, -0.25) is 9.89 Å². The van der Waals surface area contributed by atoms with Crippen LogP contribution in [0.5, 0.6) is 0 Å². The van der Waals surface area contributed by atoms with Crippen molar-refractivity contribution in [3.8, 4) is 0 Å². The van der Waals surface area contributed by atoms with Gasteiger partial charge < -0.3 is 15.4 Å². The highest BCUT2D eigenvalue weighted by Crippen LogP contribution is 2.15. The van der Waals surface area contributed by atoms with E-state index in [1.807, 2.05) is 6.92 Å². The van der Waals surface area contributed by atoms with E-state index in [2.05, 4.69) is 34.4 Å². The minimum Gasteiger partial charge on any atom is -0.379 e. The van der Waals surface area contributed by atoms with Gasteiger partial charge in [0.25, 0.3) is 0 Å². The Balaban J connectivity index is 1.76. The molecule has 2 heterocycles. The lowest BCUT2D eigenvalue weighted by Gasteiger charge is -2.38. The number of nitrogens with one attached hydrogen (secondary N) is 2. The molecule has 27 heavy (non-hydrogen) atoms. The van der Waals surface area contributed by atoms with Crippen molar-refractivity contribution in [2.75, 3.05) is 52.2 Å². The highest BCUT2D eigenvalue weighted by Gasteiger charge is 2.28. The molecule has 2 saturated heterocycles. The molecule has 0 spiro atoms. The van der Waals surface area contributed by atoms with E-state index in [1.165, 1.54) is 0 Å². The molecule has 0 amide bonds. The number of nitrogens with zero attached hydrogens (tertiary/aromatic N) is 3. The summed E-state index contributed by atoms with van der Waals surface area (Å²) in [6.45, 7) is 10.8. The van der Waals surface area contributed by atoms with Crippen LogP contribution in [0.3, 0.4) is 0 Å². The molecule has 0 aromatic carbocycles. The molecule has 0 aliphatic carbocycles. The molecule has 2 aliphatic rings. The molecule has 0 saturated carbocycles. The molecule has 158 valence electrons. The molecule has 0 radical (unpaired) electrons. The van der Waals surface area contributed by atoms with Crippen LogP contribution < -0.4 is 10.6 Å². The first-order valence-electron chi connectivity index (χ1n) is 10.2. The van der Waals surface area contributed by atoms with E-state index in [0.717, 1.165) is 45.1 Å². The molecule has 8 nitrogen and oxygen atoms in total. The van der Waals surface area contributed by atoms with Gasteiger partial charge in [-0.15, -0.1) is 0 Å². The number of aliphatic imine (C=N–C) groups is 1. The van der Waals surface area contributed by atoms with Crippen LogP contribution in [0, 0.1) is 0 Å². The predicted octanol–water partition coefficient (Wildman–Crippen LogP) is 0.465. The van der Waals surface area contributed by atoms with Crippen LogP contribution in [-0.2, 0) is 14.8 Å². The zero-order chi connectivity index (χ0) is 19.9. The third-order valence-electron chi connectivity index (χ3n) is 5.42. The van der Waals surface area contributed by atoms with Gasteiger partial charge in [-0.25, -0.2) is 12.7 Å². The second-order valence-electron chi connectivity index (χ2n) is 7.60. The summed E-state index contributed by atoms with van der Waals surface area (Å²) in [5.74, 6) is 1.03. The second kappa shape index (κ2) is 10.6. The summed E-state index contributed by atoms with van der Waals surface area (Å²) < 4.78 is 31.5. The van der Waals surface area contributed by atoms with Crippen molar-refractivity contribution >= 4 is 16.0 Å². The van der Waals surface area contributed by atoms with Gasteiger partial charge >= 0.3 is 0 Å². The predicted molar refractivity (Wildman–Crippen MR) is 110 cm³/mol. The van der Waals surface area contributed by atoms with Crippen LogP contribution in [0.15, 0.2) is 4.99 Å². The van der Waals surface area contributed by atoms with Crippen molar-refractivity contribution < 1.29 is 13.2 Å². The Hall–Kier alpha value is -0.900. The molecule has 2 unspecified atom stereocenters. The van der Waals surface area contributed by atoms with E-state index < -0.39 is 10.0 Å². The summed E-state index contributed by atoms with van der Waals surface area (Å²) in [7, 11) is -1.31. The van der Waals surface area contributed by atoms with Crippen LogP contribution in [-0.4, -0.2) is 93.9 Å². The van der Waals surface area contributed by atoms with Crippen molar-refractivity contribution in [3.63, 3.8) is 0 Å². The van der Waals surface area contributed by atoms with Crippen molar-refractivity contribution in [2.24, 2.45) is 4.99 Å². The fourth-order valence-corrected chi connectivity index (χ4v) is 5.35. The van der Waals surface area contributed by atoms with Gasteiger partial charge in [0.15, 0.2) is 5.96 Å². The summed E-state index contributed by atoms with van der Waals surface area (Å²) in [5.41, 5.74) is 0. The van der Waals surface area contributed by atoms with Gasteiger partial charge in [-0.2, -0.15) is 0 Å². The average Bonchev–Trinajstić information content (AvgIpc) is 2.65. The first-order chi connectivity index (χ1) is 12.9. The van der Waals surface area contributed by atoms with Gasteiger partial charge in [-0.05, 0) is 33.1 Å². The molecule has 2 atom stereocenters. The lowest BCUT2D eigenvalue weighted by molar-refractivity contribution is -0.0174. The van der Waals surface area contributed by atoms with E-state index in [1.54, 1.807) is 11.4 Å². The number of hydrogen-bond acceptors (Lipinski definition) is 5. The molecule has 0 bridgehead atoms. The number of rotatable bonds is 7. The quantitative estimate of drug-likeness (QED) is 0.475. The Labute approximate surface area is 164 Å². The highest BCUT2D eigenvalue weighted by atomic mass is 32.2. The molecule has 2 N–H and O–H groups in total. The zero-order valence-corrected chi connectivity index (χ0v) is 18.1. The van der Waals surface area contributed by atoms with E-state index in [0.29, 0.717) is 31.6 Å². The molecular weight excluding hydrogens is 366 g/mol. The second-order valence-corrected chi connectivity index (χ2v) is 9.69. The van der Waals surface area contributed by atoms with Crippen molar-refractivity contribution in [1.82, 2.24) is 19.8 Å². The van der Waals surface area contributed by atoms with Crippen LogP contribution in [0.25, 0.3) is 0 Å². The molecule has 2 rings (SSSR count). The van der Waals surface area contributed by atoms with Crippen molar-refractivity contribution in [1.29, 1.82) is 0 Å². The lowest BCUT2D eigenvalue weighted by atomic mass is 10.1. The number of morpholine rings is 1. The molecular formula is C18H37N5O3S. The van der Waals surface area contributed by atoms with Gasteiger partial charge in [0.2, 0.25) is 10.0 Å². The number of ether oxygens (including phenoxy) is 1. The summed E-state index contributed by atoms with van der Waals surface area (Å²) in [4.78, 5) is 6.79. The number of guanidine groups is 1. The van der Waals surface area contributed by atoms with Gasteiger partial charge in [0, 0.05) is 51.4 Å². The summed E-state index contributed by atoms with van der Waals surface area (Å²) in [5, 5.41) is 6.87. The minimum absolute atomic E-state index is 0.242. The number of sulfonamides is 1. The van der Waals surface area contributed by atoms with Crippen LogP contribution >= 0.6 is 0 Å². The average molecular weight is 404 g/mol. The fourth-order valence-electron chi connectivity index (χ4n) is 3.81. The van der Waals surface area contributed by atoms with Crippen LogP contribution in [0.4, 0.5) is 0 Å². The molecule has 2 aliphatic heterocycles. The zero-order valence-electron chi connectivity index (χ0n) is 17.3. The Morgan fingerprint density at radius 1 is 1.30 bits per heavy atom. The van der Waals surface area contributed by atoms with E-state index >= 15 is 0 Å². The third kappa shape index (κ3) is 6.58. The molecule has 0 aromatic heterocycles. The van der Waals surface area contributed by atoms with Crippen LogP contribution in [0.1, 0.15) is 40.0 Å². The van der Waals surface area contributed by atoms with E-state index in [-0.39, 0.29) is 11.8 Å². The van der Waals surface area contributed by atoms with Crippen molar-refractivity contribution in [3.05, 3.63) is 0 Å². The number of hydrogen-bond donors (Lipinski definition) is 2. The largest absolute Gasteiger partial charge is 0.379 e. The maximum Gasteiger partial charge on any atom is 0.214 e. The van der Waals surface area contributed by atoms with Gasteiger partial charge in [0.1, 0.15) is 0 Å². The van der Waals surface area contributed by atoms with Gasteiger partial charge in [0.05, 0.1) is 19.0 Å². The van der Waals surface area contributed by atoms with Gasteiger partial charge in [-0.1, -0.05) is 6.92 Å². The SMILES string of the molecule is CCCS(=O)(=O)N1CCC(NC(=NC)NCC(C)N2CCOCC2C)CC1. The molecule has 9 heteroatoms. The fraction of sp³-hybridized carbons (Fsp3) is 0.944. The normalized spacial score (nSPS) is 25.3. The van der Waals surface area contributed by atoms with Crippen LogP contribution in [0.2, 0.25) is 0 Å². The lowest BCUT2D eigenvalue weighted by Crippen LogP contribution is -2.54. The van der Waals surface area contributed by atoms with E-state index in [4.69, 9.17) is 4.74 Å². The highest BCUT2D eigenvalue weighted by molar-refractivity contribution is 7.89. The first-order valence-corrected chi connectivity index (χ1v) is 11.8. The Morgan fingerprint density at radius 2 is 2.00 bits per heavy atom. The monoisotopic (exact) mass is 403 g/mol. The number of piperidine rings is 1. The first kappa shape index (κ1) is 22.4. The summed E-state index contributed by atoms with van der Waals surface area (Å²) in [6, 6.07) is 1.07. The van der Waals surface area contributed by atoms with Crippen molar-refractivity contribution in [2.45, 2.75) is 58.2 Å². The topological polar surface area (TPSA) is 86.3 Å². The summed E-state index contributed by atoms with van der Waals surface area (Å²) >= 11 is 0. The summed E-state index contributed by atoms with van der Waals surface area (Å²) in [6.07, 6.45) is 2.27. The maximum atomic E-state index is 12.2. The molecule has 0 aromatic rings.